The third-order valence-corrected chi connectivity index (χ3v) is 4.27. The lowest BCUT2D eigenvalue weighted by atomic mass is 10.1. The van der Waals surface area contributed by atoms with E-state index in [-0.39, 0.29) is 11.6 Å². The number of nitrogens with one attached hydrogen (secondary N) is 3. The standard InChI is InChI=1S/C19H24N4O5/c1-12(2)15(17(25)22-28)23-18(26)14(21-19(23)27)10-6-7-11-20-16(24)13-8-4-3-5-9-13/h3-5,8-9,14,28H,6-7,10-11H2,1-2H3,(H,20,24)(H,21,27)(H,22,25). The molecule has 150 valence electrons. The molecule has 1 aliphatic rings. The molecule has 0 bridgehead atoms. The SMILES string of the molecule is CC(C)=C(C(=O)NO)N1C(=O)NC(CCCCNC(=O)c2ccccc2)C1=O. The number of allylic oxidation sites excluding steroid dienone is 1. The number of rotatable bonds is 8. The molecule has 1 atom stereocenters. The molecule has 1 fully saturated rings. The summed E-state index contributed by atoms with van der Waals surface area (Å²) >= 11 is 0. The Bertz CT molecular complexity index is 787. The van der Waals surface area contributed by atoms with Crippen LogP contribution in [0.1, 0.15) is 43.5 Å². The molecule has 9 nitrogen and oxygen atoms in total. The third-order valence-electron chi connectivity index (χ3n) is 4.27. The van der Waals surface area contributed by atoms with Crippen LogP contribution in [-0.4, -0.2) is 46.4 Å². The second-order valence-electron chi connectivity index (χ2n) is 6.58. The molecule has 1 heterocycles. The Labute approximate surface area is 162 Å². The number of urea groups is 1. The molecule has 9 heteroatoms. The van der Waals surface area contributed by atoms with Crippen molar-refractivity contribution in [2.45, 2.75) is 39.2 Å². The van der Waals surface area contributed by atoms with Crippen LogP contribution < -0.4 is 16.1 Å². The van der Waals surface area contributed by atoms with Crippen molar-refractivity contribution < 1.29 is 24.4 Å². The van der Waals surface area contributed by atoms with Gasteiger partial charge in [-0.3, -0.25) is 19.6 Å². The number of hydroxylamine groups is 1. The maximum Gasteiger partial charge on any atom is 0.329 e. The summed E-state index contributed by atoms with van der Waals surface area (Å²) in [6, 6.07) is 7.39. The lowest BCUT2D eigenvalue weighted by Crippen LogP contribution is -2.39. The van der Waals surface area contributed by atoms with Crippen molar-refractivity contribution in [3.05, 3.63) is 47.2 Å². The number of carbonyl (C=O) groups is 4. The van der Waals surface area contributed by atoms with Crippen molar-refractivity contribution in [1.29, 1.82) is 0 Å². The van der Waals surface area contributed by atoms with E-state index in [0.29, 0.717) is 36.9 Å². The quantitative estimate of drug-likeness (QED) is 0.175. The van der Waals surface area contributed by atoms with Gasteiger partial charge in [0.15, 0.2) is 0 Å². The Morgan fingerprint density at radius 1 is 1.14 bits per heavy atom. The minimum atomic E-state index is -0.923. The molecule has 0 aromatic heterocycles. The fourth-order valence-electron chi connectivity index (χ4n) is 2.91. The molecule has 5 amide bonds. The van der Waals surface area contributed by atoms with Crippen LogP contribution in [0.3, 0.4) is 0 Å². The first-order valence-corrected chi connectivity index (χ1v) is 8.96. The second kappa shape index (κ2) is 9.65. The summed E-state index contributed by atoms with van der Waals surface area (Å²) in [5, 5.41) is 14.2. The van der Waals surface area contributed by atoms with Crippen molar-refractivity contribution >= 4 is 23.8 Å². The van der Waals surface area contributed by atoms with Gasteiger partial charge in [-0.15, -0.1) is 0 Å². The van der Waals surface area contributed by atoms with Crippen molar-refractivity contribution in [3.8, 4) is 0 Å². The van der Waals surface area contributed by atoms with Crippen LogP contribution in [-0.2, 0) is 9.59 Å². The Hall–Kier alpha value is -3.20. The highest BCUT2D eigenvalue weighted by molar-refractivity contribution is 6.11. The molecular weight excluding hydrogens is 364 g/mol. The molecule has 0 aliphatic carbocycles. The fourth-order valence-corrected chi connectivity index (χ4v) is 2.91. The van der Waals surface area contributed by atoms with Crippen LogP contribution in [0.15, 0.2) is 41.6 Å². The third kappa shape index (κ3) is 4.95. The highest BCUT2D eigenvalue weighted by Gasteiger charge is 2.41. The molecule has 0 spiro atoms. The number of benzene rings is 1. The van der Waals surface area contributed by atoms with Gasteiger partial charge in [-0.25, -0.2) is 15.2 Å². The van der Waals surface area contributed by atoms with Gasteiger partial charge >= 0.3 is 6.03 Å². The Morgan fingerprint density at radius 2 is 1.82 bits per heavy atom. The summed E-state index contributed by atoms with van der Waals surface area (Å²) in [5.41, 5.74) is 2.25. The summed E-state index contributed by atoms with van der Waals surface area (Å²) in [6.45, 7) is 3.57. The van der Waals surface area contributed by atoms with Crippen molar-refractivity contribution in [1.82, 2.24) is 21.0 Å². The van der Waals surface area contributed by atoms with E-state index in [9.17, 15) is 19.2 Å². The molecule has 4 N–H and O–H groups in total. The summed E-state index contributed by atoms with van der Waals surface area (Å²) in [6.07, 6.45) is 1.60. The summed E-state index contributed by atoms with van der Waals surface area (Å²) < 4.78 is 0. The zero-order valence-electron chi connectivity index (χ0n) is 15.8. The molecule has 28 heavy (non-hydrogen) atoms. The molecule has 0 saturated carbocycles. The molecule has 1 aromatic rings. The van der Waals surface area contributed by atoms with Crippen molar-refractivity contribution in [2.24, 2.45) is 0 Å². The number of hydrogen-bond donors (Lipinski definition) is 4. The maximum absolute atomic E-state index is 12.5. The van der Waals surface area contributed by atoms with E-state index < -0.39 is 23.9 Å². The van der Waals surface area contributed by atoms with E-state index in [4.69, 9.17) is 5.21 Å². The monoisotopic (exact) mass is 388 g/mol. The fraction of sp³-hybridized carbons (Fsp3) is 0.368. The Morgan fingerprint density at radius 3 is 2.43 bits per heavy atom. The number of imide groups is 1. The highest BCUT2D eigenvalue weighted by atomic mass is 16.5. The van der Waals surface area contributed by atoms with E-state index >= 15 is 0 Å². The number of nitrogens with zero attached hydrogens (tertiary/aromatic N) is 1. The van der Waals surface area contributed by atoms with Gasteiger partial charge < -0.3 is 10.6 Å². The average molecular weight is 388 g/mol. The zero-order chi connectivity index (χ0) is 20.7. The predicted octanol–water partition coefficient (Wildman–Crippen LogP) is 1.31. The lowest BCUT2D eigenvalue weighted by Gasteiger charge is -2.17. The van der Waals surface area contributed by atoms with Gasteiger partial charge in [0.2, 0.25) is 0 Å². The second-order valence-corrected chi connectivity index (χ2v) is 6.58. The molecule has 1 aliphatic heterocycles. The zero-order valence-corrected chi connectivity index (χ0v) is 15.8. The summed E-state index contributed by atoms with van der Waals surface area (Å²) in [5.74, 6) is -1.63. The first-order chi connectivity index (χ1) is 13.4. The molecular formula is C19H24N4O5. The topological polar surface area (TPSA) is 128 Å². The van der Waals surface area contributed by atoms with Crippen LogP contribution in [0.4, 0.5) is 4.79 Å². The Kier molecular flexibility index (Phi) is 7.28. The van der Waals surface area contributed by atoms with Gasteiger partial charge in [-0.05, 0) is 50.8 Å². The smallest absolute Gasteiger partial charge is 0.329 e. The van der Waals surface area contributed by atoms with Crippen LogP contribution in [0.2, 0.25) is 0 Å². The van der Waals surface area contributed by atoms with Crippen molar-refractivity contribution in [2.75, 3.05) is 6.54 Å². The van der Waals surface area contributed by atoms with Crippen LogP contribution >= 0.6 is 0 Å². The van der Waals surface area contributed by atoms with E-state index in [1.165, 1.54) is 5.48 Å². The number of hydrogen-bond acceptors (Lipinski definition) is 5. The van der Waals surface area contributed by atoms with E-state index in [0.717, 1.165) is 4.90 Å². The average Bonchev–Trinajstić information content (AvgIpc) is 2.96. The van der Waals surface area contributed by atoms with Crippen molar-refractivity contribution in [3.63, 3.8) is 0 Å². The van der Waals surface area contributed by atoms with Gasteiger partial charge in [0.25, 0.3) is 17.7 Å². The van der Waals surface area contributed by atoms with Gasteiger partial charge in [0.1, 0.15) is 11.7 Å². The van der Waals surface area contributed by atoms with Crippen LogP contribution in [0.5, 0.6) is 0 Å². The predicted molar refractivity (Wildman–Crippen MR) is 100 cm³/mol. The molecule has 1 saturated heterocycles. The molecule has 0 radical (unpaired) electrons. The number of amides is 5. The van der Waals surface area contributed by atoms with Crippen LogP contribution in [0, 0.1) is 0 Å². The van der Waals surface area contributed by atoms with Crippen LogP contribution in [0.25, 0.3) is 0 Å². The highest BCUT2D eigenvalue weighted by Crippen LogP contribution is 2.20. The first kappa shape index (κ1) is 21.1. The molecule has 1 unspecified atom stereocenters. The van der Waals surface area contributed by atoms with E-state index in [1.54, 1.807) is 38.1 Å². The summed E-state index contributed by atoms with van der Waals surface area (Å²) in [4.78, 5) is 49.1. The number of unbranched alkanes of at least 4 members (excludes halogenated alkanes) is 1. The maximum atomic E-state index is 12.5. The minimum absolute atomic E-state index is 0.166. The van der Waals surface area contributed by atoms with Gasteiger partial charge in [-0.2, -0.15) is 0 Å². The van der Waals surface area contributed by atoms with Gasteiger partial charge in [0.05, 0.1) is 0 Å². The first-order valence-electron chi connectivity index (χ1n) is 8.96. The molecule has 1 aromatic carbocycles. The largest absolute Gasteiger partial charge is 0.352 e. The van der Waals surface area contributed by atoms with E-state index in [1.807, 2.05) is 6.07 Å². The Balaban J connectivity index is 1.83. The summed E-state index contributed by atoms with van der Waals surface area (Å²) in [7, 11) is 0. The normalized spacial score (nSPS) is 15.8. The molecule has 2 rings (SSSR count). The lowest BCUT2D eigenvalue weighted by molar-refractivity contribution is -0.132. The van der Waals surface area contributed by atoms with Gasteiger partial charge in [-0.1, -0.05) is 18.2 Å². The van der Waals surface area contributed by atoms with Gasteiger partial charge in [0, 0.05) is 12.1 Å². The minimum Gasteiger partial charge on any atom is -0.352 e. The van der Waals surface area contributed by atoms with E-state index in [2.05, 4.69) is 10.6 Å². The number of carbonyl (C=O) groups excluding carboxylic acids is 4.